The van der Waals surface area contributed by atoms with Gasteiger partial charge in [-0.05, 0) is 51.0 Å². The van der Waals surface area contributed by atoms with Gasteiger partial charge < -0.3 is 15.7 Å². The van der Waals surface area contributed by atoms with E-state index in [2.05, 4.69) is 35.5 Å². The Balaban J connectivity index is 1.82. The molecule has 130 valence electrons. The molecule has 2 heterocycles. The normalized spacial score (nSPS) is 13.3. The zero-order valence-electron chi connectivity index (χ0n) is 14.4. The molecule has 2 unspecified atom stereocenters. The molecule has 0 spiro atoms. The van der Waals surface area contributed by atoms with Crippen LogP contribution in [-0.2, 0) is 6.42 Å². The van der Waals surface area contributed by atoms with Crippen LogP contribution in [0.15, 0.2) is 30.5 Å². The predicted molar refractivity (Wildman–Crippen MR) is 97.3 cm³/mol. The number of urea groups is 1. The number of aliphatic hydroxyl groups is 1. The Labute approximate surface area is 147 Å². The SMILES string of the molecule is Cc1cc(C(C)NC(=O)NCC(CO)Cc2ccccn2)c(C)s1. The number of aromatic nitrogens is 1. The number of pyridine rings is 1. The molecule has 0 saturated carbocycles. The second kappa shape index (κ2) is 8.80. The highest BCUT2D eigenvalue weighted by atomic mass is 32.1. The van der Waals surface area contributed by atoms with Gasteiger partial charge in [0.2, 0.25) is 0 Å². The molecule has 24 heavy (non-hydrogen) atoms. The monoisotopic (exact) mass is 347 g/mol. The lowest BCUT2D eigenvalue weighted by atomic mass is 10.0. The van der Waals surface area contributed by atoms with Gasteiger partial charge in [-0.3, -0.25) is 4.98 Å². The average molecular weight is 347 g/mol. The fourth-order valence-electron chi connectivity index (χ4n) is 2.66. The summed E-state index contributed by atoms with van der Waals surface area (Å²) in [7, 11) is 0. The van der Waals surface area contributed by atoms with E-state index in [4.69, 9.17) is 0 Å². The molecule has 0 fully saturated rings. The van der Waals surface area contributed by atoms with Crippen LogP contribution in [0.2, 0.25) is 0 Å². The Bertz CT molecular complexity index is 658. The van der Waals surface area contributed by atoms with Gasteiger partial charge in [-0.1, -0.05) is 6.07 Å². The van der Waals surface area contributed by atoms with E-state index < -0.39 is 0 Å². The van der Waals surface area contributed by atoms with Gasteiger partial charge in [-0.25, -0.2) is 4.79 Å². The zero-order chi connectivity index (χ0) is 17.5. The largest absolute Gasteiger partial charge is 0.396 e. The molecule has 5 nitrogen and oxygen atoms in total. The first-order valence-corrected chi connectivity index (χ1v) is 8.93. The molecule has 6 heteroatoms. The van der Waals surface area contributed by atoms with E-state index in [0.717, 1.165) is 11.3 Å². The zero-order valence-corrected chi connectivity index (χ0v) is 15.2. The van der Waals surface area contributed by atoms with Crippen LogP contribution in [0.25, 0.3) is 0 Å². The molecule has 2 amide bonds. The lowest BCUT2D eigenvalue weighted by molar-refractivity contribution is 0.212. The maximum absolute atomic E-state index is 12.1. The van der Waals surface area contributed by atoms with Crippen molar-refractivity contribution in [3.8, 4) is 0 Å². The van der Waals surface area contributed by atoms with Crippen molar-refractivity contribution in [1.29, 1.82) is 0 Å². The summed E-state index contributed by atoms with van der Waals surface area (Å²) < 4.78 is 0. The minimum atomic E-state index is -0.217. The van der Waals surface area contributed by atoms with Gasteiger partial charge >= 0.3 is 6.03 Å². The summed E-state index contributed by atoms with van der Waals surface area (Å²) in [5.41, 5.74) is 2.07. The molecule has 0 aliphatic carbocycles. The molecule has 0 aliphatic rings. The molecule has 0 saturated heterocycles. The van der Waals surface area contributed by atoms with E-state index in [9.17, 15) is 9.90 Å². The van der Waals surface area contributed by atoms with Gasteiger partial charge in [-0.2, -0.15) is 0 Å². The third-order valence-electron chi connectivity index (χ3n) is 3.93. The summed E-state index contributed by atoms with van der Waals surface area (Å²) in [4.78, 5) is 18.8. The second-order valence-corrected chi connectivity index (χ2v) is 7.48. The van der Waals surface area contributed by atoms with E-state index in [0.29, 0.717) is 13.0 Å². The maximum Gasteiger partial charge on any atom is 0.315 e. The number of rotatable bonds is 7. The minimum absolute atomic E-state index is 0.00917. The van der Waals surface area contributed by atoms with Crippen LogP contribution in [0.4, 0.5) is 4.79 Å². The van der Waals surface area contributed by atoms with Crippen molar-refractivity contribution in [3.05, 3.63) is 51.5 Å². The molecule has 0 aromatic carbocycles. The number of nitrogens with zero attached hydrogens (tertiary/aromatic N) is 1. The quantitative estimate of drug-likeness (QED) is 0.721. The first-order valence-electron chi connectivity index (χ1n) is 8.11. The first-order chi connectivity index (χ1) is 11.5. The van der Waals surface area contributed by atoms with E-state index >= 15 is 0 Å². The topological polar surface area (TPSA) is 74.2 Å². The van der Waals surface area contributed by atoms with E-state index in [1.54, 1.807) is 17.5 Å². The molecule has 2 aromatic rings. The number of nitrogens with one attached hydrogen (secondary N) is 2. The van der Waals surface area contributed by atoms with Crippen molar-refractivity contribution >= 4 is 17.4 Å². The third kappa shape index (κ3) is 5.32. The lowest BCUT2D eigenvalue weighted by Crippen LogP contribution is -2.40. The van der Waals surface area contributed by atoms with Crippen molar-refractivity contribution in [2.45, 2.75) is 33.2 Å². The Morgan fingerprint density at radius 2 is 2.17 bits per heavy atom. The van der Waals surface area contributed by atoms with Gasteiger partial charge in [0.05, 0.1) is 6.04 Å². The second-order valence-electron chi connectivity index (χ2n) is 6.02. The first kappa shape index (κ1) is 18.4. The van der Waals surface area contributed by atoms with Crippen LogP contribution in [0, 0.1) is 19.8 Å². The van der Waals surface area contributed by atoms with Crippen molar-refractivity contribution in [3.63, 3.8) is 0 Å². The van der Waals surface area contributed by atoms with Crippen molar-refractivity contribution in [2.24, 2.45) is 5.92 Å². The Hall–Kier alpha value is -1.92. The average Bonchev–Trinajstić information content (AvgIpc) is 2.91. The number of aliphatic hydroxyl groups excluding tert-OH is 1. The van der Waals surface area contributed by atoms with Crippen molar-refractivity contribution in [1.82, 2.24) is 15.6 Å². The van der Waals surface area contributed by atoms with Crippen molar-refractivity contribution in [2.75, 3.05) is 13.2 Å². The fourth-order valence-corrected chi connectivity index (χ4v) is 3.68. The maximum atomic E-state index is 12.1. The molecule has 3 N–H and O–H groups in total. The van der Waals surface area contributed by atoms with Crippen LogP contribution in [0.5, 0.6) is 0 Å². The minimum Gasteiger partial charge on any atom is -0.396 e. The standard InChI is InChI=1S/C18H25N3O2S/c1-12-8-17(14(3)24-12)13(2)21-18(23)20-10-15(11-22)9-16-6-4-5-7-19-16/h4-8,13,15,22H,9-11H2,1-3H3,(H2,20,21,23). The number of carbonyl (C=O) groups excluding carboxylic acids is 1. The molecule has 0 bridgehead atoms. The molecule has 0 radical (unpaired) electrons. The smallest absolute Gasteiger partial charge is 0.315 e. The van der Waals surface area contributed by atoms with Gasteiger partial charge in [-0.15, -0.1) is 11.3 Å². The summed E-state index contributed by atoms with van der Waals surface area (Å²) in [5, 5.41) is 15.3. The Morgan fingerprint density at radius 3 is 2.75 bits per heavy atom. The summed E-state index contributed by atoms with van der Waals surface area (Å²) in [5.74, 6) is -0.0499. The number of carbonyl (C=O) groups is 1. The van der Waals surface area contributed by atoms with E-state index in [-0.39, 0.29) is 24.6 Å². The highest BCUT2D eigenvalue weighted by Crippen LogP contribution is 2.25. The molecular weight excluding hydrogens is 322 g/mol. The summed E-state index contributed by atoms with van der Waals surface area (Å²) in [6.07, 6.45) is 2.37. The van der Waals surface area contributed by atoms with E-state index in [1.807, 2.05) is 25.1 Å². The fraction of sp³-hybridized carbons (Fsp3) is 0.444. The van der Waals surface area contributed by atoms with Gasteiger partial charge in [0.25, 0.3) is 0 Å². The highest BCUT2D eigenvalue weighted by molar-refractivity contribution is 7.12. The number of aryl methyl sites for hydroxylation is 2. The molecule has 2 rings (SSSR count). The van der Waals surface area contributed by atoms with E-state index in [1.165, 1.54) is 9.75 Å². The number of thiophene rings is 1. The number of hydrogen-bond donors (Lipinski definition) is 3. The van der Waals surface area contributed by atoms with Gasteiger partial charge in [0.15, 0.2) is 0 Å². The number of amides is 2. The van der Waals surface area contributed by atoms with Crippen LogP contribution >= 0.6 is 11.3 Å². The van der Waals surface area contributed by atoms with Gasteiger partial charge in [0, 0.05) is 40.7 Å². The lowest BCUT2D eigenvalue weighted by Gasteiger charge is -2.18. The Kier molecular flexibility index (Phi) is 6.75. The van der Waals surface area contributed by atoms with Crippen LogP contribution in [0.3, 0.4) is 0 Å². The third-order valence-corrected chi connectivity index (χ3v) is 4.91. The predicted octanol–water partition coefficient (Wildman–Crippen LogP) is 2.97. The van der Waals surface area contributed by atoms with Crippen LogP contribution < -0.4 is 10.6 Å². The molecule has 2 aromatic heterocycles. The van der Waals surface area contributed by atoms with Crippen LogP contribution in [0.1, 0.15) is 34.0 Å². The summed E-state index contributed by atoms with van der Waals surface area (Å²) in [6.45, 7) is 6.53. The summed E-state index contributed by atoms with van der Waals surface area (Å²) in [6, 6.07) is 7.56. The molecule has 2 atom stereocenters. The van der Waals surface area contributed by atoms with Gasteiger partial charge in [0.1, 0.15) is 0 Å². The molecular formula is C18H25N3O2S. The highest BCUT2D eigenvalue weighted by Gasteiger charge is 2.15. The molecule has 0 aliphatic heterocycles. The number of hydrogen-bond acceptors (Lipinski definition) is 4. The van der Waals surface area contributed by atoms with Crippen molar-refractivity contribution < 1.29 is 9.90 Å². The summed E-state index contributed by atoms with van der Waals surface area (Å²) >= 11 is 1.74. The van der Waals surface area contributed by atoms with Crippen LogP contribution in [-0.4, -0.2) is 29.3 Å². The Morgan fingerprint density at radius 1 is 1.38 bits per heavy atom.